The highest BCUT2D eigenvalue weighted by Crippen LogP contribution is 2.30. The molecule has 2 aromatic carbocycles. The van der Waals surface area contributed by atoms with E-state index in [1.807, 2.05) is 36.7 Å². The molecule has 0 aliphatic carbocycles. The monoisotopic (exact) mass is 454 g/mol. The van der Waals surface area contributed by atoms with Crippen LogP contribution < -0.4 is 15.6 Å². The van der Waals surface area contributed by atoms with Crippen LogP contribution in [0, 0.1) is 12.7 Å². The van der Waals surface area contributed by atoms with Gasteiger partial charge in [-0.15, -0.1) is 0 Å². The van der Waals surface area contributed by atoms with Crippen LogP contribution in [0.15, 0.2) is 46.3 Å². The fourth-order valence-corrected chi connectivity index (χ4v) is 4.50. The van der Waals surface area contributed by atoms with E-state index in [-0.39, 0.29) is 23.0 Å². The van der Waals surface area contributed by atoms with Gasteiger partial charge in [0.1, 0.15) is 22.6 Å². The molecule has 4 aromatic rings. The number of thioether (sulfide) groups is 1. The van der Waals surface area contributed by atoms with Crippen molar-refractivity contribution in [2.24, 2.45) is 7.05 Å². The molecule has 0 atom stereocenters. The quantitative estimate of drug-likeness (QED) is 0.351. The van der Waals surface area contributed by atoms with Gasteiger partial charge in [0, 0.05) is 24.7 Å². The highest BCUT2D eigenvalue weighted by Gasteiger charge is 2.19. The number of fused-ring (bicyclic) bond motifs is 3. The maximum atomic E-state index is 13.7. The van der Waals surface area contributed by atoms with E-state index in [0.29, 0.717) is 39.7 Å². The zero-order valence-corrected chi connectivity index (χ0v) is 19.0. The van der Waals surface area contributed by atoms with Crippen molar-refractivity contribution >= 4 is 45.3 Å². The molecule has 2 heterocycles. The van der Waals surface area contributed by atoms with Crippen LogP contribution in [0.1, 0.15) is 12.5 Å². The van der Waals surface area contributed by atoms with Crippen LogP contribution in [0.4, 0.5) is 10.1 Å². The maximum Gasteiger partial charge on any atom is 0.278 e. The molecule has 0 spiro atoms. The number of aromatic nitrogens is 3. The van der Waals surface area contributed by atoms with Crippen molar-refractivity contribution < 1.29 is 13.9 Å². The number of carbonyl (C=O) groups excluding carboxylic acids is 1. The number of nitrogens with zero attached hydrogens (tertiary/aromatic N) is 3. The molecule has 1 N–H and O–H groups in total. The van der Waals surface area contributed by atoms with E-state index in [0.717, 1.165) is 10.9 Å². The number of methoxy groups -OCH3 is 1. The number of hydrogen-bond acceptors (Lipinski definition) is 5. The van der Waals surface area contributed by atoms with Crippen molar-refractivity contribution in [1.29, 1.82) is 0 Å². The molecule has 0 unspecified atom stereocenters. The number of rotatable bonds is 6. The first-order chi connectivity index (χ1) is 15.3. The number of ether oxygens (including phenoxy) is 1. The SMILES string of the molecule is CCn1c(SCC(=O)Nc2ccc(C)c(F)c2)nc2c3cc(OC)ccc3n(C)c2c1=O. The number of nitrogens with one attached hydrogen (secondary N) is 1. The highest BCUT2D eigenvalue weighted by molar-refractivity contribution is 7.99. The Balaban J connectivity index is 1.68. The van der Waals surface area contributed by atoms with Crippen LogP contribution in [-0.2, 0) is 18.4 Å². The number of hydrogen-bond donors (Lipinski definition) is 1. The van der Waals surface area contributed by atoms with Crippen LogP contribution in [-0.4, -0.2) is 32.9 Å². The third-order valence-corrected chi connectivity index (χ3v) is 6.35. The first-order valence-corrected chi connectivity index (χ1v) is 11.1. The standard InChI is InChI=1S/C23H23FN4O3S/c1-5-28-22(30)21-20(16-11-15(31-4)8-9-18(16)27(21)3)26-23(28)32-12-19(29)25-14-7-6-13(2)17(24)10-14/h6-11H,5,12H2,1-4H3,(H,25,29). The molecule has 1 amide bonds. The minimum absolute atomic E-state index is 0.0293. The van der Waals surface area contributed by atoms with E-state index >= 15 is 0 Å². The van der Waals surface area contributed by atoms with Crippen molar-refractivity contribution in [2.45, 2.75) is 25.5 Å². The molecule has 32 heavy (non-hydrogen) atoms. The fraction of sp³-hybridized carbons (Fsp3) is 0.261. The maximum absolute atomic E-state index is 13.7. The Kier molecular flexibility index (Phi) is 5.92. The summed E-state index contributed by atoms with van der Waals surface area (Å²) in [5.41, 5.74) is 2.66. The van der Waals surface area contributed by atoms with E-state index in [2.05, 4.69) is 5.32 Å². The summed E-state index contributed by atoms with van der Waals surface area (Å²) in [5, 5.41) is 3.94. The lowest BCUT2D eigenvalue weighted by molar-refractivity contribution is -0.113. The molecule has 9 heteroatoms. The summed E-state index contributed by atoms with van der Waals surface area (Å²) in [4.78, 5) is 30.4. The molecule has 0 fully saturated rings. The van der Waals surface area contributed by atoms with Crippen LogP contribution in [0.2, 0.25) is 0 Å². The number of benzene rings is 2. The van der Waals surface area contributed by atoms with Gasteiger partial charge in [0.15, 0.2) is 5.16 Å². The average Bonchev–Trinajstić information content (AvgIpc) is 3.06. The van der Waals surface area contributed by atoms with Crippen molar-refractivity contribution in [3.8, 4) is 5.75 Å². The van der Waals surface area contributed by atoms with Gasteiger partial charge in [-0.1, -0.05) is 17.8 Å². The van der Waals surface area contributed by atoms with Gasteiger partial charge in [0.05, 0.1) is 18.4 Å². The zero-order chi connectivity index (χ0) is 23.0. The highest BCUT2D eigenvalue weighted by atomic mass is 32.2. The molecular formula is C23H23FN4O3S. The zero-order valence-electron chi connectivity index (χ0n) is 18.2. The Hall–Kier alpha value is -3.33. The molecule has 7 nitrogen and oxygen atoms in total. The summed E-state index contributed by atoms with van der Waals surface area (Å²) >= 11 is 1.17. The Morgan fingerprint density at radius 1 is 1.25 bits per heavy atom. The Labute approximate surface area is 188 Å². The topological polar surface area (TPSA) is 78.2 Å². The summed E-state index contributed by atoms with van der Waals surface area (Å²) in [5.74, 6) is 0.00985. The third-order valence-electron chi connectivity index (χ3n) is 5.37. The van der Waals surface area contributed by atoms with Gasteiger partial charge < -0.3 is 14.6 Å². The number of halogens is 1. The minimum Gasteiger partial charge on any atom is -0.497 e. The molecule has 0 aliphatic heterocycles. The van der Waals surface area contributed by atoms with E-state index in [9.17, 15) is 14.0 Å². The smallest absolute Gasteiger partial charge is 0.278 e. The molecule has 166 valence electrons. The van der Waals surface area contributed by atoms with Gasteiger partial charge in [-0.3, -0.25) is 14.2 Å². The van der Waals surface area contributed by atoms with Crippen LogP contribution >= 0.6 is 11.8 Å². The van der Waals surface area contributed by atoms with Crippen molar-refractivity contribution in [1.82, 2.24) is 14.1 Å². The number of anilines is 1. The Morgan fingerprint density at radius 3 is 2.72 bits per heavy atom. The van der Waals surface area contributed by atoms with Gasteiger partial charge >= 0.3 is 0 Å². The molecule has 0 saturated heterocycles. The predicted molar refractivity (Wildman–Crippen MR) is 125 cm³/mol. The van der Waals surface area contributed by atoms with Crippen LogP contribution in [0.5, 0.6) is 5.75 Å². The normalized spacial score (nSPS) is 11.3. The number of carbonyl (C=O) groups is 1. The summed E-state index contributed by atoms with van der Waals surface area (Å²) < 4.78 is 22.5. The summed E-state index contributed by atoms with van der Waals surface area (Å²) in [6.45, 7) is 3.94. The van der Waals surface area contributed by atoms with E-state index < -0.39 is 0 Å². The molecule has 0 saturated carbocycles. The molecule has 0 aliphatic rings. The van der Waals surface area contributed by atoms with Gasteiger partial charge in [-0.25, -0.2) is 9.37 Å². The van der Waals surface area contributed by atoms with Gasteiger partial charge in [0.25, 0.3) is 5.56 Å². The molecule has 0 bridgehead atoms. The largest absolute Gasteiger partial charge is 0.497 e. The van der Waals surface area contributed by atoms with Gasteiger partial charge in [0.2, 0.25) is 5.91 Å². The second-order valence-corrected chi connectivity index (χ2v) is 8.33. The van der Waals surface area contributed by atoms with Crippen LogP contribution in [0.3, 0.4) is 0 Å². The second kappa shape index (κ2) is 8.66. The number of amides is 1. The number of aryl methyl sites for hydroxylation is 2. The van der Waals surface area contributed by atoms with Crippen molar-refractivity contribution in [2.75, 3.05) is 18.2 Å². The molecule has 4 rings (SSSR count). The first kappa shape index (κ1) is 21.9. The van der Waals surface area contributed by atoms with Crippen molar-refractivity contribution in [3.63, 3.8) is 0 Å². The lowest BCUT2D eigenvalue weighted by atomic mass is 10.2. The lowest BCUT2D eigenvalue weighted by Crippen LogP contribution is -2.24. The Morgan fingerprint density at radius 2 is 2.03 bits per heavy atom. The summed E-state index contributed by atoms with van der Waals surface area (Å²) in [7, 11) is 3.42. The van der Waals surface area contributed by atoms with E-state index in [1.54, 1.807) is 30.7 Å². The fourth-order valence-electron chi connectivity index (χ4n) is 3.65. The minimum atomic E-state index is -0.381. The summed E-state index contributed by atoms with van der Waals surface area (Å²) in [6.07, 6.45) is 0. The van der Waals surface area contributed by atoms with Crippen molar-refractivity contribution in [3.05, 3.63) is 58.1 Å². The van der Waals surface area contributed by atoms with Gasteiger partial charge in [-0.2, -0.15) is 0 Å². The van der Waals surface area contributed by atoms with Crippen LogP contribution in [0.25, 0.3) is 21.9 Å². The molecular weight excluding hydrogens is 431 g/mol. The molecule has 2 aromatic heterocycles. The summed E-state index contributed by atoms with van der Waals surface area (Å²) in [6, 6.07) is 10.1. The van der Waals surface area contributed by atoms with E-state index in [4.69, 9.17) is 9.72 Å². The Bertz CT molecular complexity index is 1410. The molecule has 0 radical (unpaired) electrons. The van der Waals surface area contributed by atoms with Gasteiger partial charge in [-0.05, 0) is 49.7 Å². The lowest BCUT2D eigenvalue weighted by Gasteiger charge is -2.11. The average molecular weight is 455 g/mol. The third kappa shape index (κ3) is 3.84. The second-order valence-electron chi connectivity index (χ2n) is 7.38. The first-order valence-electron chi connectivity index (χ1n) is 10.1. The predicted octanol–water partition coefficient (Wildman–Crippen LogP) is 4.10. The van der Waals surface area contributed by atoms with E-state index in [1.165, 1.54) is 17.8 Å².